The maximum atomic E-state index is 15.0. The Morgan fingerprint density at radius 3 is 2.74 bits per heavy atom. The van der Waals surface area contributed by atoms with Gasteiger partial charge in [-0.2, -0.15) is 9.57 Å². The van der Waals surface area contributed by atoms with Gasteiger partial charge < -0.3 is 5.32 Å². The van der Waals surface area contributed by atoms with Crippen molar-refractivity contribution in [2.24, 2.45) is 0 Å². The average Bonchev–Trinajstić information content (AvgIpc) is 2.74. The second kappa shape index (κ2) is 7.71. The van der Waals surface area contributed by atoms with Crippen molar-refractivity contribution in [2.75, 3.05) is 34.9 Å². The number of hydrogen-bond donors (Lipinski definition) is 2. The lowest BCUT2D eigenvalue weighted by atomic mass is 9.69. The van der Waals surface area contributed by atoms with E-state index in [2.05, 4.69) is 20.6 Å². The molecule has 34 heavy (non-hydrogen) atoms. The summed E-state index contributed by atoms with van der Waals surface area (Å²) < 4.78 is 39.5. The molecule has 2 fully saturated rings. The summed E-state index contributed by atoms with van der Waals surface area (Å²) in [5.41, 5.74) is -0.563. The fourth-order valence-electron chi connectivity index (χ4n) is 4.51. The lowest BCUT2D eigenvalue weighted by Gasteiger charge is -2.52. The lowest BCUT2D eigenvalue weighted by molar-refractivity contribution is 0.0284. The Morgan fingerprint density at radius 2 is 2.09 bits per heavy atom. The van der Waals surface area contributed by atoms with E-state index in [0.29, 0.717) is 12.0 Å². The third-order valence-corrected chi connectivity index (χ3v) is 7.60. The van der Waals surface area contributed by atoms with Crippen molar-refractivity contribution in [3.8, 4) is 6.07 Å². The molecule has 0 radical (unpaired) electrons. The van der Waals surface area contributed by atoms with Gasteiger partial charge in [-0.1, -0.05) is 0 Å². The fraction of sp³-hybridized carbons (Fsp3) is 0.381. The number of carbonyl (C=O) groups excluding carboxylic acids is 2. The van der Waals surface area contributed by atoms with Crippen LogP contribution in [0.3, 0.4) is 0 Å². The lowest BCUT2D eigenvalue weighted by Crippen LogP contribution is -2.60. The van der Waals surface area contributed by atoms with Crippen LogP contribution in [0.1, 0.15) is 34.5 Å². The summed E-state index contributed by atoms with van der Waals surface area (Å²) in [5.74, 6) is 0.254. The highest BCUT2D eigenvalue weighted by Gasteiger charge is 2.57. The van der Waals surface area contributed by atoms with E-state index >= 15 is 4.39 Å². The second-order valence-electron chi connectivity index (χ2n) is 8.70. The number of nitriles is 1. The van der Waals surface area contributed by atoms with Crippen molar-refractivity contribution in [2.45, 2.75) is 30.6 Å². The number of rotatable bonds is 5. The zero-order chi connectivity index (χ0) is 24.3. The zero-order valence-corrected chi connectivity index (χ0v) is 18.8. The number of anilines is 3. The van der Waals surface area contributed by atoms with Gasteiger partial charge in [0.05, 0.1) is 23.5 Å². The number of alkyl halides is 1. The van der Waals surface area contributed by atoms with Crippen molar-refractivity contribution in [1.82, 2.24) is 14.3 Å². The van der Waals surface area contributed by atoms with Crippen LogP contribution in [0.5, 0.6) is 0 Å². The molecule has 0 aromatic carbocycles. The Bertz CT molecular complexity index is 1350. The van der Waals surface area contributed by atoms with Crippen molar-refractivity contribution in [3.05, 3.63) is 41.2 Å². The molecule has 0 spiro atoms. The molecule has 0 unspecified atom stereocenters. The van der Waals surface area contributed by atoms with Crippen LogP contribution in [0.25, 0.3) is 0 Å². The monoisotopic (exact) mass is 485 g/mol. The Labute approximate surface area is 194 Å². The predicted octanol–water partition coefficient (Wildman–Crippen LogP) is 1.60. The van der Waals surface area contributed by atoms with E-state index < -0.39 is 27.8 Å². The van der Waals surface area contributed by atoms with E-state index in [4.69, 9.17) is 0 Å². The van der Waals surface area contributed by atoms with Gasteiger partial charge in [0.25, 0.3) is 0 Å². The average molecular weight is 486 g/mol. The summed E-state index contributed by atoms with van der Waals surface area (Å²) >= 11 is 0. The molecule has 4 aliphatic rings. The Kier molecular flexibility index (Phi) is 5.03. The van der Waals surface area contributed by atoms with Crippen molar-refractivity contribution in [3.63, 3.8) is 0 Å². The Morgan fingerprint density at radius 1 is 1.35 bits per heavy atom. The number of nitrogens with zero attached hydrogens (tertiary/aromatic N) is 5. The number of amides is 2. The first-order valence-electron chi connectivity index (χ1n) is 10.5. The van der Waals surface area contributed by atoms with Gasteiger partial charge in [0.1, 0.15) is 29.1 Å². The van der Waals surface area contributed by atoms with Crippen LogP contribution < -0.4 is 15.5 Å². The third-order valence-electron chi connectivity index (χ3n) is 6.37. The number of aldehydes is 1. The van der Waals surface area contributed by atoms with Gasteiger partial charge in [0.15, 0.2) is 6.29 Å². The number of aromatic nitrogens is 2. The van der Waals surface area contributed by atoms with Crippen LogP contribution in [0, 0.1) is 11.3 Å². The van der Waals surface area contributed by atoms with Crippen LogP contribution in [0.15, 0.2) is 24.4 Å². The van der Waals surface area contributed by atoms with Crippen molar-refractivity contribution in [1.29, 1.82) is 5.26 Å². The normalized spacial score (nSPS) is 23.7. The van der Waals surface area contributed by atoms with Crippen LogP contribution >= 0.6 is 0 Å². The van der Waals surface area contributed by atoms with E-state index in [1.54, 1.807) is 0 Å². The first-order valence-corrected chi connectivity index (χ1v) is 12.3. The molecular formula is C21H20FN7O4S. The Hall–Kier alpha value is -3.63. The molecule has 2 bridgehead atoms. The van der Waals surface area contributed by atoms with E-state index in [0.717, 1.165) is 6.26 Å². The van der Waals surface area contributed by atoms with Gasteiger partial charge in [-0.25, -0.2) is 27.6 Å². The summed E-state index contributed by atoms with van der Waals surface area (Å²) in [7, 11) is -3.28. The summed E-state index contributed by atoms with van der Waals surface area (Å²) in [4.78, 5) is 33.9. The van der Waals surface area contributed by atoms with Crippen molar-refractivity contribution >= 4 is 39.7 Å². The van der Waals surface area contributed by atoms with Gasteiger partial charge >= 0.3 is 6.03 Å². The molecule has 11 nitrogen and oxygen atoms in total. The topological polar surface area (TPSA) is 148 Å². The van der Waals surface area contributed by atoms with E-state index in [-0.39, 0.29) is 60.4 Å². The first kappa shape index (κ1) is 22.2. The van der Waals surface area contributed by atoms with Gasteiger partial charge in [0.2, 0.25) is 10.0 Å². The molecule has 176 valence electrons. The second-order valence-corrected chi connectivity index (χ2v) is 10.7. The standard InChI is InChI=1S/C21H20FN7O4S/c1-34(32,33)28-9-14(10-28)25-17-4-18(24-8-12(17)7-23)27-20(31)29-15-5-21(22,6-15)16-3-2-13(11-30)26-19(16)29/h2-4,8,11,14-15H,5-6,9-10H2,1H3,(H2,24,25,27,31). The van der Waals surface area contributed by atoms with Gasteiger partial charge in [-0.15, -0.1) is 0 Å². The highest BCUT2D eigenvalue weighted by Crippen LogP contribution is 2.55. The van der Waals surface area contributed by atoms with Crippen molar-refractivity contribution < 1.29 is 22.4 Å². The molecule has 2 N–H and O–H groups in total. The minimum absolute atomic E-state index is 0.0908. The summed E-state index contributed by atoms with van der Waals surface area (Å²) in [6.07, 6.45) is 3.24. The Balaban J connectivity index is 1.36. The minimum atomic E-state index is -3.28. The number of halogens is 1. The molecule has 1 saturated heterocycles. The molecular weight excluding hydrogens is 465 g/mol. The molecule has 2 aromatic rings. The fourth-order valence-corrected chi connectivity index (χ4v) is 5.41. The van der Waals surface area contributed by atoms with Crippen LogP contribution in [-0.4, -0.2) is 66.4 Å². The highest BCUT2D eigenvalue weighted by molar-refractivity contribution is 7.88. The SMILES string of the molecule is CS(=O)(=O)N1CC(Nc2cc(NC(=O)N3c4nc(C=O)ccc4C4(F)CC3C4)ncc2C#N)C1. The largest absolute Gasteiger partial charge is 0.378 e. The molecule has 0 atom stereocenters. The van der Waals surface area contributed by atoms with E-state index in [1.807, 2.05) is 6.07 Å². The molecule has 5 heterocycles. The van der Waals surface area contributed by atoms with Crippen LogP contribution in [0.4, 0.5) is 26.5 Å². The van der Waals surface area contributed by atoms with Gasteiger partial charge in [-0.05, 0) is 12.1 Å². The molecule has 3 aliphatic heterocycles. The molecule has 1 saturated carbocycles. The van der Waals surface area contributed by atoms with E-state index in [9.17, 15) is 23.3 Å². The third kappa shape index (κ3) is 3.64. The summed E-state index contributed by atoms with van der Waals surface area (Å²) in [5, 5.41) is 15.2. The maximum Gasteiger partial charge on any atom is 0.328 e. The molecule has 2 aromatic heterocycles. The van der Waals surface area contributed by atoms with Crippen LogP contribution in [0.2, 0.25) is 0 Å². The first-order chi connectivity index (χ1) is 16.1. The highest BCUT2D eigenvalue weighted by atomic mass is 32.2. The number of hydrogen-bond acceptors (Lipinski definition) is 8. The maximum absolute atomic E-state index is 15.0. The predicted molar refractivity (Wildman–Crippen MR) is 120 cm³/mol. The summed E-state index contributed by atoms with van der Waals surface area (Å²) in [6.45, 7) is 0.519. The van der Waals surface area contributed by atoms with Gasteiger partial charge in [0, 0.05) is 49.8 Å². The van der Waals surface area contributed by atoms with Crippen LogP contribution in [-0.2, 0) is 15.7 Å². The molecule has 13 heteroatoms. The zero-order valence-electron chi connectivity index (χ0n) is 18.0. The molecule has 1 aliphatic carbocycles. The smallest absolute Gasteiger partial charge is 0.328 e. The number of urea groups is 1. The quantitative estimate of drug-likeness (QED) is 0.607. The number of carbonyl (C=O) groups is 2. The van der Waals surface area contributed by atoms with E-state index in [1.165, 1.54) is 33.6 Å². The number of pyridine rings is 2. The minimum Gasteiger partial charge on any atom is -0.378 e. The molecule has 2 amide bonds. The number of nitrogens with one attached hydrogen (secondary N) is 2. The number of sulfonamides is 1. The summed E-state index contributed by atoms with van der Waals surface area (Å²) in [6, 6.07) is 5.23. The van der Waals surface area contributed by atoms with Gasteiger partial charge in [-0.3, -0.25) is 15.0 Å². The molecule has 6 rings (SSSR count).